The second-order valence-corrected chi connectivity index (χ2v) is 3.06. The Kier molecular flexibility index (Phi) is 5.35. The molecule has 1 nitrogen and oxygen atoms in total. The molecule has 0 spiro atoms. The molecule has 0 saturated carbocycles. The fourth-order valence-electron chi connectivity index (χ4n) is 1.20. The lowest BCUT2D eigenvalue weighted by Gasteiger charge is -1.96. The van der Waals surface area contributed by atoms with Gasteiger partial charge < -0.3 is 0 Å². The van der Waals surface area contributed by atoms with Gasteiger partial charge in [-0.25, -0.2) is 0 Å². The minimum absolute atomic E-state index is 1.14. The van der Waals surface area contributed by atoms with Crippen molar-refractivity contribution in [3.8, 4) is 0 Å². The summed E-state index contributed by atoms with van der Waals surface area (Å²) in [5.41, 5.74) is 2.27. The Labute approximate surface area is 96.8 Å². The average molecular weight is 209 g/mol. The minimum atomic E-state index is 1.14. The van der Waals surface area contributed by atoms with E-state index in [0.717, 1.165) is 11.1 Å². The van der Waals surface area contributed by atoms with Gasteiger partial charge in [0.05, 0.1) is 0 Å². The summed E-state index contributed by atoms with van der Waals surface area (Å²) in [6.07, 6.45) is 7.16. The third kappa shape index (κ3) is 3.93. The Morgan fingerprint density at radius 3 is 1.50 bits per heavy atom. The summed E-state index contributed by atoms with van der Waals surface area (Å²) in [7, 11) is 0. The zero-order chi connectivity index (χ0) is 11.6. The van der Waals surface area contributed by atoms with Crippen molar-refractivity contribution in [1.29, 1.82) is 0 Å². The minimum Gasteiger partial charge on any atom is -0.265 e. The molecule has 2 rings (SSSR count). The summed E-state index contributed by atoms with van der Waals surface area (Å²) < 4.78 is 0. The molecule has 0 aliphatic heterocycles. The quantitative estimate of drug-likeness (QED) is 0.727. The van der Waals surface area contributed by atoms with Gasteiger partial charge in [0.15, 0.2) is 0 Å². The largest absolute Gasteiger partial charge is 0.265 e. The van der Waals surface area contributed by atoms with E-state index in [4.69, 9.17) is 0 Å². The molecule has 0 radical (unpaired) electrons. The first kappa shape index (κ1) is 11.9. The van der Waals surface area contributed by atoms with E-state index in [1.54, 1.807) is 12.4 Å². The zero-order valence-electron chi connectivity index (χ0n) is 9.21. The van der Waals surface area contributed by atoms with E-state index < -0.39 is 0 Å². The van der Waals surface area contributed by atoms with Crippen molar-refractivity contribution in [3.05, 3.63) is 79.1 Å². The van der Waals surface area contributed by atoms with Gasteiger partial charge in [0.25, 0.3) is 0 Å². The molecule has 16 heavy (non-hydrogen) atoms. The molecule has 1 heterocycles. The van der Waals surface area contributed by atoms with Crippen LogP contribution in [0.1, 0.15) is 11.1 Å². The molecule has 1 aromatic heterocycles. The summed E-state index contributed by atoms with van der Waals surface area (Å²) in [5, 5.41) is 0. The molecule has 1 heteroatoms. The van der Waals surface area contributed by atoms with Crippen molar-refractivity contribution in [3.63, 3.8) is 0 Å². The van der Waals surface area contributed by atoms with Crippen molar-refractivity contribution < 1.29 is 0 Å². The van der Waals surface area contributed by atoms with Crippen LogP contribution >= 0.6 is 0 Å². The highest BCUT2D eigenvalue weighted by Gasteiger charge is 1.89. The van der Waals surface area contributed by atoms with Crippen molar-refractivity contribution in [2.75, 3.05) is 0 Å². The van der Waals surface area contributed by atoms with Gasteiger partial charge in [-0.15, -0.1) is 0 Å². The van der Waals surface area contributed by atoms with E-state index in [9.17, 15) is 0 Å². The van der Waals surface area contributed by atoms with Crippen LogP contribution in [0.4, 0.5) is 0 Å². The summed E-state index contributed by atoms with van der Waals surface area (Å²) in [5.74, 6) is 0. The third-order valence-electron chi connectivity index (χ3n) is 2.00. The highest BCUT2D eigenvalue weighted by atomic mass is 14.6. The van der Waals surface area contributed by atoms with Crippen molar-refractivity contribution in [2.24, 2.45) is 0 Å². The van der Waals surface area contributed by atoms with Crippen LogP contribution in [0.15, 0.2) is 68.0 Å². The fraction of sp³-hybridized carbons (Fsp3) is 0. The number of aromatic nitrogens is 1. The number of rotatable bonds is 2. The van der Waals surface area contributed by atoms with Crippen LogP contribution in [-0.2, 0) is 0 Å². The van der Waals surface area contributed by atoms with E-state index >= 15 is 0 Å². The van der Waals surface area contributed by atoms with Crippen LogP contribution in [-0.4, -0.2) is 4.98 Å². The third-order valence-corrected chi connectivity index (χ3v) is 2.00. The summed E-state index contributed by atoms with van der Waals surface area (Å²) in [6, 6.07) is 13.7. The van der Waals surface area contributed by atoms with Gasteiger partial charge in [0.2, 0.25) is 0 Å². The normalized spacial score (nSPS) is 8.50. The van der Waals surface area contributed by atoms with E-state index in [1.807, 2.05) is 54.6 Å². The maximum atomic E-state index is 3.78. The van der Waals surface area contributed by atoms with Crippen molar-refractivity contribution >= 4 is 12.2 Å². The second-order valence-electron chi connectivity index (χ2n) is 3.06. The van der Waals surface area contributed by atoms with Gasteiger partial charge in [-0.05, 0) is 23.3 Å². The van der Waals surface area contributed by atoms with Gasteiger partial charge >= 0.3 is 0 Å². The van der Waals surface area contributed by atoms with Crippen molar-refractivity contribution in [1.82, 2.24) is 4.98 Å². The van der Waals surface area contributed by atoms with E-state index in [0.29, 0.717) is 0 Å². The first-order valence-corrected chi connectivity index (χ1v) is 5.07. The smallest absolute Gasteiger partial charge is 0.0267 e. The maximum absolute atomic E-state index is 3.78. The molecule has 0 aliphatic rings. The molecule has 0 saturated heterocycles. The SMILES string of the molecule is C=Cc1ccccc1C=C.c1ccncc1. The molecular weight excluding hydrogens is 194 g/mol. The van der Waals surface area contributed by atoms with Crippen LogP contribution in [0.5, 0.6) is 0 Å². The molecule has 2 aromatic rings. The van der Waals surface area contributed by atoms with Crippen LogP contribution < -0.4 is 0 Å². The summed E-state index contributed by atoms with van der Waals surface area (Å²) >= 11 is 0. The number of nitrogens with zero attached hydrogens (tertiary/aromatic N) is 1. The molecule has 1 aromatic carbocycles. The predicted molar refractivity (Wildman–Crippen MR) is 70.9 cm³/mol. The predicted octanol–water partition coefficient (Wildman–Crippen LogP) is 4.05. The molecule has 0 unspecified atom stereocenters. The zero-order valence-corrected chi connectivity index (χ0v) is 9.21. The molecule has 0 aliphatic carbocycles. The van der Waals surface area contributed by atoms with Gasteiger partial charge in [-0.3, -0.25) is 4.98 Å². The summed E-state index contributed by atoms with van der Waals surface area (Å²) in [4.78, 5) is 3.78. The molecule has 0 N–H and O–H groups in total. The Bertz CT molecular complexity index is 378. The monoisotopic (exact) mass is 209 g/mol. The first-order valence-electron chi connectivity index (χ1n) is 5.07. The van der Waals surface area contributed by atoms with Gasteiger partial charge in [-0.2, -0.15) is 0 Å². The molecular formula is C15H15N. The standard InChI is InChI=1S/C10H10.C5H5N/c1-3-9-7-5-6-8-10(9)4-2;1-2-4-6-5-3-1/h3-8H,1-2H2;1-5H. The van der Waals surface area contributed by atoms with Gasteiger partial charge in [0.1, 0.15) is 0 Å². The van der Waals surface area contributed by atoms with Crippen LogP contribution in [0.25, 0.3) is 12.2 Å². The van der Waals surface area contributed by atoms with Crippen LogP contribution in [0, 0.1) is 0 Å². The maximum Gasteiger partial charge on any atom is 0.0267 e. The van der Waals surface area contributed by atoms with E-state index in [2.05, 4.69) is 18.1 Å². The highest BCUT2D eigenvalue weighted by Crippen LogP contribution is 2.10. The number of benzene rings is 1. The topological polar surface area (TPSA) is 12.9 Å². The fourth-order valence-corrected chi connectivity index (χ4v) is 1.20. The first-order chi connectivity index (χ1) is 7.88. The van der Waals surface area contributed by atoms with E-state index in [1.165, 1.54) is 0 Å². The molecule has 0 fully saturated rings. The molecule has 0 atom stereocenters. The number of hydrogen-bond donors (Lipinski definition) is 0. The number of hydrogen-bond acceptors (Lipinski definition) is 1. The molecule has 0 bridgehead atoms. The summed E-state index contributed by atoms with van der Waals surface area (Å²) in [6.45, 7) is 7.38. The Hall–Kier alpha value is -2.15. The van der Waals surface area contributed by atoms with Crippen LogP contribution in [0.2, 0.25) is 0 Å². The molecule has 0 amide bonds. The molecule has 80 valence electrons. The van der Waals surface area contributed by atoms with Gasteiger partial charge in [0, 0.05) is 12.4 Å². The second kappa shape index (κ2) is 7.18. The van der Waals surface area contributed by atoms with Gasteiger partial charge in [-0.1, -0.05) is 55.6 Å². The Balaban J connectivity index is 0.000000181. The lowest BCUT2D eigenvalue weighted by atomic mass is 10.1. The van der Waals surface area contributed by atoms with Crippen molar-refractivity contribution in [2.45, 2.75) is 0 Å². The van der Waals surface area contributed by atoms with E-state index in [-0.39, 0.29) is 0 Å². The average Bonchev–Trinajstić information content (AvgIpc) is 2.41. The lowest BCUT2D eigenvalue weighted by molar-refractivity contribution is 1.33. The Morgan fingerprint density at radius 1 is 0.750 bits per heavy atom. The van der Waals surface area contributed by atoms with Crippen LogP contribution in [0.3, 0.4) is 0 Å². The Morgan fingerprint density at radius 2 is 1.25 bits per heavy atom. The number of pyridine rings is 1. The lowest BCUT2D eigenvalue weighted by Crippen LogP contribution is -1.76. The highest BCUT2D eigenvalue weighted by molar-refractivity contribution is 5.63.